The van der Waals surface area contributed by atoms with Gasteiger partial charge in [0.2, 0.25) is 5.91 Å². The zero-order valence-electron chi connectivity index (χ0n) is 11.6. The first-order chi connectivity index (χ1) is 9.20. The molecule has 0 aromatic carbocycles. The highest BCUT2D eigenvalue weighted by molar-refractivity contribution is 5.86. The summed E-state index contributed by atoms with van der Waals surface area (Å²) in [5, 5.41) is 0. The molecule has 3 rings (SSSR count). The summed E-state index contributed by atoms with van der Waals surface area (Å²) in [7, 11) is 0. The van der Waals surface area contributed by atoms with E-state index in [1.54, 1.807) is 0 Å². The summed E-state index contributed by atoms with van der Waals surface area (Å²) in [5.74, 6) is 1.79. The molecule has 2 saturated carbocycles. The van der Waals surface area contributed by atoms with Crippen LogP contribution in [0.15, 0.2) is 0 Å². The molecule has 0 N–H and O–H groups in total. The third kappa shape index (κ3) is 2.49. The largest absolute Gasteiger partial charge is 0.464 e. The molecule has 3 unspecified atom stereocenters. The SMILES string of the molecule is CCOC(=O)C1CCCCN1C(=O)C1CC2CC2C1. The first kappa shape index (κ1) is 12.9. The van der Waals surface area contributed by atoms with E-state index in [0.29, 0.717) is 6.61 Å². The predicted molar refractivity (Wildman–Crippen MR) is 70.3 cm³/mol. The van der Waals surface area contributed by atoms with Crippen molar-refractivity contribution in [2.45, 2.75) is 51.5 Å². The molecule has 3 fully saturated rings. The Hall–Kier alpha value is -1.06. The summed E-state index contributed by atoms with van der Waals surface area (Å²) in [5.41, 5.74) is 0. The Morgan fingerprint density at radius 2 is 1.89 bits per heavy atom. The zero-order chi connectivity index (χ0) is 13.4. The van der Waals surface area contributed by atoms with Crippen LogP contribution in [-0.2, 0) is 14.3 Å². The van der Waals surface area contributed by atoms with Gasteiger partial charge in [-0.1, -0.05) is 0 Å². The second-order valence-electron chi connectivity index (χ2n) is 6.22. The molecule has 1 heterocycles. The lowest BCUT2D eigenvalue weighted by Crippen LogP contribution is -2.50. The van der Waals surface area contributed by atoms with Crippen LogP contribution < -0.4 is 0 Å². The molecule has 0 aromatic heterocycles. The maximum absolute atomic E-state index is 12.6. The minimum atomic E-state index is -0.321. The van der Waals surface area contributed by atoms with E-state index in [0.717, 1.165) is 50.5 Å². The lowest BCUT2D eigenvalue weighted by Gasteiger charge is -2.35. The average molecular weight is 265 g/mol. The van der Waals surface area contributed by atoms with Gasteiger partial charge >= 0.3 is 5.97 Å². The summed E-state index contributed by atoms with van der Waals surface area (Å²) in [6.07, 6.45) is 6.23. The molecular weight excluding hydrogens is 242 g/mol. The molecule has 0 bridgehead atoms. The van der Waals surface area contributed by atoms with E-state index in [2.05, 4.69) is 0 Å². The van der Waals surface area contributed by atoms with Gasteiger partial charge in [-0.25, -0.2) is 4.79 Å². The highest BCUT2D eigenvalue weighted by atomic mass is 16.5. The number of hydrogen-bond donors (Lipinski definition) is 0. The van der Waals surface area contributed by atoms with Gasteiger partial charge in [0.15, 0.2) is 0 Å². The summed E-state index contributed by atoms with van der Waals surface area (Å²) < 4.78 is 5.12. The number of likely N-dealkylation sites (tertiary alicyclic amines) is 1. The van der Waals surface area contributed by atoms with Gasteiger partial charge in [0.25, 0.3) is 0 Å². The van der Waals surface area contributed by atoms with Crippen molar-refractivity contribution in [3.63, 3.8) is 0 Å². The molecular formula is C15H23NO3. The van der Waals surface area contributed by atoms with Crippen LogP contribution in [0.25, 0.3) is 0 Å². The number of hydrogen-bond acceptors (Lipinski definition) is 3. The standard InChI is InChI=1S/C15H23NO3/c1-2-19-15(18)13-5-3-4-6-16(13)14(17)12-8-10-7-11(10)9-12/h10-13H,2-9H2,1H3. The lowest BCUT2D eigenvalue weighted by molar-refractivity contribution is -0.158. The Morgan fingerprint density at radius 3 is 2.58 bits per heavy atom. The number of carbonyl (C=O) groups is 2. The van der Waals surface area contributed by atoms with Crippen molar-refractivity contribution in [3.05, 3.63) is 0 Å². The van der Waals surface area contributed by atoms with Gasteiger partial charge in [0.1, 0.15) is 6.04 Å². The lowest BCUT2D eigenvalue weighted by atomic mass is 9.96. The highest BCUT2D eigenvalue weighted by Gasteiger charge is 2.49. The maximum Gasteiger partial charge on any atom is 0.328 e. The van der Waals surface area contributed by atoms with E-state index < -0.39 is 0 Å². The minimum Gasteiger partial charge on any atom is -0.464 e. The fourth-order valence-corrected chi connectivity index (χ4v) is 3.83. The number of fused-ring (bicyclic) bond motifs is 1. The first-order valence-electron chi connectivity index (χ1n) is 7.67. The van der Waals surface area contributed by atoms with Gasteiger partial charge < -0.3 is 9.64 Å². The molecule has 4 heteroatoms. The van der Waals surface area contributed by atoms with E-state index in [4.69, 9.17) is 4.74 Å². The van der Waals surface area contributed by atoms with Crippen molar-refractivity contribution in [2.75, 3.05) is 13.2 Å². The van der Waals surface area contributed by atoms with Gasteiger partial charge in [-0.15, -0.1) is 0 Å². The minimum absolute atomic E-state index is 0.179. The normalized spacial score (nSPS) is 36.8. The Bertz CT molecular complexity index is 372. The van der Waals surface area contributed by atoms with Crippen LogP contribution in [-0.4, -0.2) is 36.0 Å². The molecule has 1 saturated heterocycles. The van der Waals surface area contributed by atoms with Gasteiger partial charge in [0, 0.05) is 12.5 Å². The number of esters is 1. The van der Waals surface area contributed by atoms with Gasteiger partial charge in [-0.05, 0) is 57.3 Å². The van der Waals surface area contributed by atoms with Crippen LogP contribution in [0.4, 0.5) is 0 Å². The Morgan fingerprint density at radius 1 is 1.16 bits per heavy atom. The van der Waals surface area contributed by atoms with E-state index in [-0.39, 0.29) is 23.8 Å². The smallest absolute Gasteiger partial charge is 0.328 e. The predicted octanol–water partition coefficient (Wildman–Crippen LogP) is 1.98. The molecule has 0 radical (unpaired) electrons. The number of carbonyl (C=O) groups excluding carboxylic acids is 2. The van der Waals surface area contributed by atoms with Crippen LogP contribution in [0.3, 0.4) is 0 Å². The summed E-state index contributed by atoms with van der Waals surface area (Å²) in [6.45, 7) is 2.94. The monoisotopic (exact) mass is 265 g/mol. The van der Waals surface area contributed by atoms with Crippen molar-refractivity contribution >= 4 is 11.9 Å². The molecule has 1 aliphatic heterocycles. The summed E-state index contributed by atoms with van der Waals surface area (Å²) in [6, 6.07) is -0.321. The van der Waals surface area contributed by atoms with E-state index >= 15 is 0 Å². The number of nitrogens with zero attached hydrogens (tertiary/aromatic N) is 1. The quantitative estimate of drug-likeness (QED) is 0.733. The highest BCUT2D eigenvalue weighted by Crippen LogP contribution is 2.54. The molecule has 3 aliphatic rings. The van der Waals surface area contributed by atoms with Crippen molar-refractivity contribution < 1.29 is 14.3 Å². The van der Waals surface area contributed by atoms with Crippen LogP contribution in [0.2, 0.25) is 0 Å². The average Bonchev–Trinajstić information content (AvgIpc) is 3.04. The second-order valence-corrected chi connectivity index (χ2v) is 6.22. The van der Waals surface area contributed by atoms with Crippen molar-refractivity contribution in [1.82, 2.24) is 4.90 Å². The van der Waals surface area contributed by atoms with Crippen LogP contribution in [0, 0.1) is 17.8 Å². The van der Waals surface area contributed by atoms with Crippen molar-refractivity contribution in [3.8, 4) is 0 Å². The van der Waals surface area contributed by atoms with Crippen LogP contribution in [0.5, 0.6) is 0 Å². The van der Waals surface area contributed by atoms with E-state index in [1.165, 1.54) is 6.42 Å². The second kappa shape index (κ2) is 5.14. The van der Waals surface area contributed by atoms with Crippen molar-refractivity contribution in [2.24, 2.45) is 17.8 Å². The van der Waals surface area contributed by atoms with Crippen molar-refractivity contribution in [1.29, 1.82) is 0 Å². The molecule has 0 spiro atoms. The van der Waals surface area contributed by atoms with E-state index in [1.807, 2.05) is 11.8 Å². The molecule has 19 heavy (non-hydrogen) atoms. The van der Waals surface area contributed by atoms with Gasteiger partial charge in [0.05, 0.1) is 6.61 Å². The number of ether oxygens (including phenoxy) is 1. The third-order valence-electron chi connectivity index (χ3n) is 4.94. The van der Waals surface area contributed by atoms with Crippen LogP contribution in [0.1, 0.15) is 45.4 Å². The Kier molecular flexibility index (Phi) is 3.50. The Balaban J connectivity index is 1.65. The molecule has 4 nitrogen and oxygen atoms in total. The fraction of sp³-hybridized carbons (Fsp3) is 0.867. The molecule has 2 aliphatic carbocycles. The number of amides is 1. The van der Waals surface area contributed by atoms with Gasteiger partial charge in [-0.3, -0.25) is 4.79 Å². The number of piperidine rings is 1. The third-order valence-corrected chi connectivity index (χ3v) is 4.94. The topological polar surface area (TPSA) is 46.6 Å². The van der Waals surface area contributed by atoms with E-state index in [9.17, 15) is 9.59 Å². The molecule has 106 valence electrons. The first-order valence-corrected chi connectivity index (χ1v) is 7.67. The summed E-state index contributed by atoms with van der Waals surface area (Å²) in [4.78, 5) is 26.4. The molecule has 3 atom stereocenters. The maximum atomic E-state index is 12.6. The van der Waals surface area contributed by atoms with Gasteiger partial charge in [-0.2, -0.15) is 0 Å². The molecule has 0 aromatic rings. The summed E-state index contributed by atoms with van der Waals surface area (Å²) >= 11 is 0. The number of rotatable bonds is 3. The Labute approximate surface area is 114 Å². The van der Waals surface area contributed by atoms with Crippen LogP contribution >= 0.6 is 0 Å². The fourth-order valence-electron chi connectivity index (χ4n) is 3.83. The zero-order valence-corrected chi connectivity index (χ0v) is 11.6. The molecule has 1 amide bonds.